The molecule has 1 aromatic carbocycles. The van der Waals surface area contributed by atoms with Gasteiger partial charge in [0.05, 0.1) is 34.9 Å². The average Bonchev–Trinajstić information content (AvgIpc) is 3.17. The lowest BCUT2D eigenvalue weighted by atomic mass is 9.94. The number of aromatic nitrogens is 1. The first-order valence-electron chi connectivity index (χ1n) is 9.62. The van der Waals surface area contributed by atoms with Gasteiger partial charge in [-0.15, -0.1) is 11.3 Å². The summed E-state index contributed by atoms with van der Waals surface area (Å²) in [4.78, 5) is 29.7. The van der Waals surface area contributed by atoms with E-state index in [4.69, 9.17) is 16.3 Å². The van der Waals surface area contributed by atoms with Gasteiger partial charge in [-0.2, -0.15) is 0 Å². The maximum atomic E-state index is 14.0. The number of aromatic amines is 1. The highest BCUT2D eigenvalue weighted by atomic mass is 35.5. The number of ether oxygens (including phenoxy) is 1. The Hall–Kier alpha value is -2.49. The zero-order valence-corrected chi connectivity index (χ0v) is 18.4. The lowest BCUT2D eigenvalue weighted by Gasteiger charge is -2.35. The van der Waals surface area contributed by atoms with Crippen LogP contribution in [0, 0.1) is 17.6 Å². The van der Waals surface area contributed by atoms with Crippen LogP contribution in [0.3, 0.4) is 0 Å². The second-order valence-electron chi connectivity index (χ2n) is 7.56. The average molecular weight is 468 g/mol. The predicted octanol–water partition coefficient (Wildman–Crippen LogP) is 4.30. The lowest BCUT2D eigenvalue weighted by molar-refractivity contribution is -0.137. The minimum atomic E-state index is -1.10. The van der Waals surface area contributed by atoms with Crippen LogP contribution in [-0.4, -0.2) is 36.0 Å². The molecule has 2 aromatic heterocycles. The Morgan fingerprint density at radius 2 is 2.06 bits per heavy atom. The fraction of sp³-hybridized carbons (Fsp3) is 0.333. The number of amides is 1. The van der Waals surface area contributed by atoms with Crippen LogP contribution < -0.4 is 10.9 Å². The van der Waals surface area contributed by atoms with Gasteiger partial charge in [-0.25, -0.2) is 8.78 Å². The van der Waals surface area contributed by atoms with Crippen molar-refractivity contribution in [3.05, 3.63) is 61.2 Å². The van der Waals surface area contributed by atoms with Gasteiger partial charge < -0.3 is 19.9 Å². The third-order valence-electron chi connectivity index (χ3n) is 5.46. The summed E-state index contributed by atoms with van der Waals surface area (Å²) in [5.41, 5.74) is 1.33. The smallest absolute Gasteiger partial charge is 0.256 e. The molecule has 3 aromatic rings. The summed E-state index contributed by atoms with van der Waals surface area (Å²) in [6, 6.07) is 3.13. The van der Waals surface area contributed by atoms with Gasteiger partial charge in [-0.3, -0.25) is 9.59 Å². The van der Waals surface area contributed by atoms with Gasteiger partial charge >= 0.3 is 0 Å². The van der Waals surface area contributed by atoms with E-state index in [1.807, 2.05) is 5.38 Å². The van der Waals surface area contributed by atoms with Crippen LogP contribution in [0.2, 0.25) is 4.34 Å². The van der Waals surface area contributed by atoms with E-state index >= 15 is 0 Å². The fourth-order valence-corrected chi connectivity index (χ4v) is 4.65. The molecule has 2 N–H and O–H groups in total. The molecule has 4 rings (SSSR count). The Morgan fingerprint density at radius 3 is 2.74 bits per heavy atom. The van der Waals surface area contributed by atoms with E-state index in [9.17, 15) is 18.4 Å². The van der Waals surface area contributed by atoms with Crippen LogP contribution in [-0.2, 0) is 16.1 Å². The summed E-state index contributed by atoms with van der Waals surface area (Å²) >= 11 is 7.33. The molecule has 0 fully saturated rings. The molecule has 0 bridgehead atoms. The molecule has 0 saturated carbocycles. The SMILES string of the molecule is C[C@@H](CNc1csc(Cl)c1)C(=O)N(C)C1COCc2[nH]c(=O)c3cc(F)c(F)cc3c21. The van der Waals surface area contributed by atoms with Crippen molar-refractivity contribution in [2.75, 3.05) is 25.5 Å². The summed E-state index contributed by atoms with van der Waals surface area (Å²) < 4.78 is 34.0. The van der Waals surface area contributed by atoms with Crippen molar-refractivity contribution in [2.45, 2.75) is 19.6 Å². The monoisotopic (exact) mass is 467 g/mol. The third-order valence-corrected chi connectivity index (χ3v) is 6.55. The number of hydrogen-bond donors (Lipinski definition) is 2. The number of pyridine rings is 1. The van der Waals surface area contributed by atoms with Crippen molar-refractivity contribution >= 4 is 45.3 Å². The zero-order chi connectivity index (χ0) is 22.3. The molecule has 3 heterocycles. The minimum absolute atomic E-state index is 0.0365. The molecular weight excluding hydrogens is 448 g/mol. The van der Waals surface area contributed by atoms with Crippen LogP contribution >= 0.6 is 22.9 Å². The number of rotatable bonds is 5. The molecular formula is C21H20ClF2N3O3S. The number of hydrogen-bond acceptors (Lipinski definition) is 5. The fourth-order valence-electron chi connectivity index (χ4n) is 3.81. The zero-order valence-electron chi connectivity index (χ0n) is 16.8. The number of anilines is 1. The van der Waals surface area contributed by atoms with E-state index in [1.165, 1.54) is 16.2 Å². The van der Waals surface area contributed by atoms with Crippen LogP contribution in [0.4, 0.5) is 14.5 Å². The summed E-state index contributed by atoms with van der Waals surface area (Å²) in [7, 11) is 1.64. The van der Waals surface area contributed by atoms with Gasteiger partial charge in [-0.1, -0.05) is 18.5 Å². The maximum absolute atomic E-state index is 14.0. The number of nitrogens with zero attached hydrogens (tertiary/aromatic N) is 1. The second-order valence-corrected chi connectivity index (χ2v) is 9.10. The maximum Gasteiger partial charge on any atom is 0.256 e. The van der Waals surface area contributed by atoms with Gasteiger partial charge in [-0.05, 0) is 23.6 Å². The molecule has 10 heteroatoms. The van der Waals surface area contributed by atoms with E-state index in [0.29, 0.717) is 22.1 Å². The molecule has 2 atom stereocenters. The van der Waals surface area contributed by atoms with Gasteiger partial charge in [0.15, 0.2) is 11.6 Å². The molecule has 1 amide bonds. The lowest BCUT2D eigenvalue weighted by Crippen LogP contribution is -2.41. The van der Waals surface area contributed by atoms with Gasteiger partial charge in [0.1, 0.15) is 0 Å². The normalized spacial score (nSPS) is 16.7. The standard InChI is InChI=1S/C21H20ClF2N3O3S/c1-10(6-25-11-3-18(22)31-9-11)21(29)27(2)17-8-30-7-16-19(17)12-4-14(23)15(24)5-13(12)20(28)26-16/h3-5,9-10,17,25H,6-8H2,1-2H3,(H,26,28)/t10-,17?/m0/s1. The summed E-state index contributed by atoms with van der Waals surface area (Å²) in [6.45, 7) is 2.48. The molecule has 1 unspecified atom stereocenters. The summed E-state index contributed by atoms with van der Waals surface area (Å²) in [5, 5.41) is 5.37. The number of nitrogens with one attached hydrogen (secondary N) is 2. The third kappa shape index (κ3) is 4.17. The second kappa shape index (κ2) is 8.57. The number of H-pyrrole nitrogens is 1. The first-order chi connectivity index (χ1) is 14.8. The summed E-state index contributed by atoms with van der Waals surface area (Å²) in [5.74, 6) is -2.68. The first-order valence-corrected chi connectivity index (χ1v) is 10.9. The molecule has 1 aliphatic heterocycles. The first kappa shape index (κ1) is 21.7. The highest BCUT2D eigenvalue weighted by Crippen LogP contribution is 2.34. The van der Waals surface area contributed by atoms with Crippen molar-refractivity contribution in [2.24, 2.45) is 5.92 Å². The number of carbonyl (C=O) groups excluding carboxylic acids is 1. The molecule has 6 nitrogen and oxygen atoms in total. The predicted molar refractivity (Wildman–Crippen MR) is 117 cm³/mol. The van der Waals surface area contributed by atoms with E-state index in [1.54, 1.807) is 20.0 Å². The van der Waals surface area contributed by atoms with Crippen molar-refractivity contribution < 1.29 is 18.3 Å². The van der Waals surface area contributed by atoms with Crippen LogP contribution in [0.1, 0.15) is 24.2 Å². The summed E-state index contributed by atoms with van der Waals surface area (Å²) in [6.07, 6.45) is 0. The minimum Gasteiger partial charge on any atom is -0.384 e. The van der Waals surface area contributed by atoms with Crippen molar-refractivity contribution in [1.29, 1.82) is 0 Å². The van der Waals surface area contributed by atoms with Crippen molar-refractivity contribution in [3.8, 4) is 0 Å². The Bertz CT molecular complexity index is 1210. The Morgan fingerprint density at radius 1 is 1.35 bits per heavy atom. The van der Waals surface area contributed by atoms with Crippen LogP contribution in [0.15, 0.2) is 28.4 Å². The van der Waals surface area contributed by atoms with Crippen LogP contribution in [0.5, 0.6) is 0 Å². The number of halogens is 3. The number of benzene rings is 1. The topological polar surface area (TPSA) is 74.4 Å². The molecule has 0 saturated heterocycles. The van der Waals surface area contributed by atoms with E-state index in [2.05, 4.69) is 10.3 Å². The number of fused-ring (bicyclic) bond motifs is 3. The largest absolute Gasteiger partial charge is 0.384 e. The van der Waals surface area contributed by atoms with Crippen LogP contribution in [0.25, 0.3) is 10.8 Å². The quantitative estimate of drug-likeness (QED) is 0.586. The Kier molecular flexibility index (Phi) is 6.00. The molecule has 0 radical (unpaired) electrons. The van der Waals surface area contributed by atoms with Crippen molar-refractivity contribution in [1.82, 2.24) is 9.88 Å². The number of likely N-dealkylation sites (N-methyl/N-ethyl adjacent to an activating group) is 1. The molecule has 0 aliphatic carbocycles. The van der Waals surface area contributed by atoms with E-state index in [0.717, 1.165) is 17.8 Å². The van der Waals surface area contributed by atoms with E-state index in [-0.39, 0.29) is 35.8 Å². The van der Waals surface area contributed by atoms with E-state index < -0.39 is 23.2 Å². The van der Waals surface area contributed by atoms with Gasteiger partial charge in [0.25, 0.3) is 5.56 Å². The van der Waals surface area contributed by atoms with Gasteiger partial charge in [0, 0.05) is 35.9 Å². The Labute approximate surface area is 185 Å². The molecule has 0 spiro atoms. The number of thiophene rings is 1. The van der Waals surface area contributed by atoms with Gasteiger partial charge in [0.2, 0.25) is 5.91 Å². The molecule has 1 aliphatic rings. The highest BCUT2D eigenvalue weighted by molar-refractivity contribution is 7.14. The molecule has 31 heavy (non-hydrogen) atoms. The Balaban J connectivity index is 1.63. The number of carbonyl (C=O) groups is 1. The van der Waals surface area contributed by atoms with Crippen molar-refractivity contribution in [3.63, 3.8) is 0 Å². The molecule has 164 valence electrons. The highest BCUT2D eigenvalue weighted by Gasteiger charge is 2.32.